The number of halogens is 1. The van der Waals surface area contributed by atoms with Gasteiger partial charge in [-0.1, -0.05) is 48.0 Å². The first-order valence-electron chi connectivity index (χ1n) is 7.10. The van der Waals surface area contributed by atoms with E-state index in [2.05, 4.69) is 10.6 Å². The van der Waals surface area contributed by atoms with E-state index >= 15 is 0 Å². The highest BCUT2D eigenvalue weighted by molar-refractivity contribution is 6.31. The number of hydrogen-bond donors (Lipinski definition) is 3. The molecule has 0 heterocycles. The molecule has 1 atom stereocenters. The Morgan fingerprint density at radius 1 is 1.23 bits per heavy atom. The number of amides is 2. The van der Waals surface area contributed by atoms with Crippen LogP contribution in [-0.2, 0) is 0 Å². The first kappa shape index (κ1) is 16.3. The summed E-state index contributed by atoms with van der Waals surface area (Å²) in [6.45, 7) is 2.27. The van der Waals surface area contributed by atoms with Crippen LogP contribution < -0.4 is 10.6 Å². The van der Waals surface area contributed by atoms with E-state index in [4.69, 9.17) is 11.6 Å². The molecule has 0 bridgehead atoms. The van der Waals surface area contributed by atoms with Crippen molar-refractivity contribution in [3.63, 3.8) is 0 Å². The Morgan fingerprint density at radius 2 is 1.95 bits per heavy atom. The zero-order valence-electron chi connectivity index (χ0n) is 12.3. The summed E-state index contributed by atoms with van der Waals surface area (Å²) in [4.78, 5) is 11.8. The molecule has 116 valence electrons. The lowest BCUT2D eigenvalue weighted by Crippen LogP contribution is -2.30. The summed E-state index contributed by atoms with van der Waals surface area (Å²) < 4.78 is 0. The number of anilines is 1. The minimum atomic E-state index is -0.589. The van der Waals surface area contributed by atoms with Gasteiger partial charge in [0.15, 0.2) is 0 Å². The molecule has 3 N–H and O–H groups in total. The summed E-state index contributed by atoms with van der Waals surface area (Å²) in [5.41, 5.74) is 2.45. The Morgan fingerprint density at radius 3 is 2.68 bits per heavy atom. The quantitative estimate of drug-likeness (QED) is 0.783. The van der Waals surface area contributed by atoms with Crippen molar-refractivity contribution in [1.82, 2.24) is 5.32 Å². The molecule has 0 saturated carbocycles. The molecule has 0 spiro atoms. The van der Waals surface area contributed by atoms with E-state index in [1.807, 2.05) is 43.3 Å². The maximum Gasteiger partial charge on any atom is 0.319 e. The predicted octanol–water partition coefficient (Wildman–Crippen LogP) is 3.89. The van der Waals surface area contributed by atoms with Gasteiger partial charge in [0.2, 0.25) is 0 Å². The third kappa shape index (κ3) is 4.76. The molecule has 0 fully saturated rings. The lowest BCUT2D eigenvalue weighted by atomic mass is 10.1. The zero-order valence-corrected chi connectivity index (χ0v) is 13.1. The van der Waals surface area contributed by atoms with Crippen molar-refractivity contribution < 1.29 is 9.90 Å². The third-order valence-electron chi connectivity index (χ3n) is 3.34. The number of aliphatic hydroxyl groups is 1. The molecule has 5 heteroatoms. The molecule has 0 saturated heterocycles. The van der Waals surface area contributed by atoms with Crippen molar-refractivity contribution in [2.75, 3.05) is 11.9 Å². The van der Waals surface area contributed by atoms with Gasteiger partial charge in [-0.2, -0.15) is 0 Å². The lowest BCUT2D eigenvalue weighted by molar-refractivity contribution is 0.167. The molecular weight excluding hydrogens is 300 g/mol. The van der Waals surface area contributed by atoms with E-state index < -0.39 is 6.10 Å². The molecule has 2 aromatic rings. The van der Waals surface area contributed by atoms with Crippen LogP contribution in [0.15, 0.2) is 48.5 Å². The number of rotatable bonds is 5. The largest absolute Gasteiger partial charge is 0.388 e. The smallest absolute Gasteiger partial charge is 0.319 e. The van der Waals surface area contributed by atoms with Crippen LogP contribution in [-0.4, -0.2) is 17.7 Å². The molecule has 0 aliphatic carbocycles. The molecule has 2 rings (SSSR count). The normalized spacial score (nSPS) is 11.8. The molecule has 0 radical (unpaired) electrons. The van der Waals surface area contributed by atoms with Gasteiger partial charge in [0.1, 0.15) is 0 Å². The summed E-state index contributed by atoms with van der Waals surface area (Å²) in [5.74, 6) is 0. The Bertz CT molecular complexity index is 632. The van der Waals surface area contributed by atoms with E-state index in [-0.39, 0.29) is 6.03 Å². The Labute approximate surface area is 135 Å². The Kier molecular flexibility index (Phi) is 5.81. The van der Waals surface area contributed by atoms with Gasteiger partial charge in [0, 0.05) is 17.3 Å². The number of hydrogen-bond acceptors (Lipinski definition) is 2. The highest BCUT2D eigenvalue weighted by atomic mass is 35.5. The summed E-state index contributed by atoms with van der Waals surface area (Å²) >= 11 is 5.91. The monoisotopic (exact) mass is 318 g/mol. The van der Waals surface area contributed by atoms with E-state index in [1.165, 1.54) is 0 Å². The van der Waals surface area contributed by atoms with Gasteiger partial charge in [0.25, 0.3) is 0 Å². The van der Waals surface area contributed by atoms with Gasteiger partial charge < -0.3 is 15.7 Å². The van der Waals surface area contributed by atoms with Crippen LogP contribution in [0.1, 0.15) is 23.7 Å². The molecule has 0 aliphatic rings. The topological polar surface area (TPSA) is 61.4 Å². The standard InChI is InChI=1S/C17H19ClN2O2/c1-12-7-8-14(18)11-15(12)20-17(22)19-10-9-16(21)13-5-3-2-4-6-13/h2-8,11,16,21H,9-10H2,1H3,(H2,19,20,22). The number of urea groups is 1. The van der Waals surface area contributed by atoms with Crippen LogP contribution in [0.4, 0.5) is 10.5 Å². The molecule has 4 nitrogen and oxygen atoms in total. The van der Waals surface area contributed by atoms with Crippen molar-refractivity contribution in [3.05, 3.63) is 64.7 Å². The van der Waals surface area contributed by atoms with Gasteiger partial charge >= 0.3 is 6.03 Å². The highest BCUT2D eigenvalue weighted by Gasteiger charge is 2.08. The fourth-order valence-corrected chi connectivity index (χ4v) is 2.23. The van der Waals surface area contributed by atoms with E-state index in [0.717, 1.165) is 11.1 Å². The first-order valence-corrected chi connectivity index (χ1v) is 7.48. The van der Waals surface area contributed by atoms with Crippen molar-refractivity contribution >= 4 is 23.3 Å². The van der Waals surface area contributed by atoms with Crippen LogP contribution in [0.2, 0.25) is 5.02 Å². The van der Waals surface area contributed by atoms with Crippen LogP contribution in [0.3, 0.4) is 0 Å². The van der Waals surface area contributed by atoms with Crippen LogP contribution in [0.5, 0.6) is 0 Å². The number of carbonyl (C=O) groups excluding carboxylic acids is 1. The molecular formula is C17H19ClN2O2. The first-order chi connectivity index (χ1) is 10.6. The summed E-state index contributed by atoms with van der Waals surface area (Å²) in [6, 6.07) is 14.4. The number of aryl methyl sites for hydroxylation is 1. The summed E-state index contributed by atoms with van der Waals surface area (Å²) in [7, 11) is 0. The zero-order chi connectivity index (χ0) is 15.9. The summed E-state index contributed by atoms with van der Waals surface area (Å²) in [5, 5.41) is 16.1. The summed E-state index contributed by atoms with van der Waals surface area (Å²) in [6.07, 6.45) is -0.138. The average molecular weight is 319 g/mol. The molecule has 1 unspecified atom stereocenters. The molecule has 22 heavy (non-hydrogen) atoms. The SMILES string of the molecule is Cc1ccc(Cl)cc1NC(=O)NCCC(O)c1ccccc1. The molecule has 2 aromatic carbocycles. The fourth-order valence-electron chi connectivity index (χ4n) is 2.06. The van der Waals surface area contributed by atoms with Gasteiger partial charge in [-0.15, -0.1) is 0 Å². The van der Waals surface area contributed by atoms with Crippen molar-refractivity contribution in [3.8, 4) is 0 Å². The maximum atomic E-state index is 11.8. The van der Waals surface area contributed by atoms with E-state index in [0.29, 0.717) is 23.7 Å². The van der Waals surface area contributed by atoms with Crippen LogP contribution in [0, 0.1) is 6.92 Å². The van der Waals surface area contributed by atoms with Gasteiger partial charge in [-0.3, -0.25) is 0 Å². The predicted molar refractivity (Wildman–Crippen MR) is 89.2 cm³/mol. The minimum Gasteiger partial charge on any atom is -0.388 e. The van der Waals surface area contributed by atoms with Gasteiger partial charge in [0.05, 0.1) is 6.10 Å². The van der Waals surface area contributed by atoms with Crippen molar-refractivity contribution in [1.29, 1.82) is 0 Å². The molecule has 0 aliphatic heterocycles. The van der Waals surface area contributed by atoms with Gasteiger partial charge in [-0.25, -0.2) is 4.79 Å². The fraction of sp³-hybridized carbons (Fsp3) is 0.235. The Hall–Kier alpha value is -2.04. The second kappa shape index (κ2) is 7.82. The number of carbonyl (C=O) groups is 1. The second-order valence-corrected chi connectivity index (χ2v) is 5.49. The molecule has 0 aromatic heterocycles. The number of benzene rings is 2. The maximum absolute atomic E-state index is 11.8. The average Bonchev–Trinajstić information content (AvgIpc) is 2.51. The van der Waals surface area contributed by atoms with Crippen molar-refractivity contribution in [2.45, 2.75) is 19.4 Å². The minimum absolute atomic E-state index is 0.314. The number of nitrogens with one attached hydrogen (secondary N) is 2. The lowest BCUT2D eigenvalue weighted by Gasteiger charge is -2.13. The van der Waals surface area contributed by atoms with Gasteiger partial charge in [-0.05, 0) is 36.6 Å². The number of aliphatic hydroxyl groups excluding tert-OH is 1. The third-order valence-corrected chi connectivity index (χ3v) is 3.57. The van der Waals surface area contributed by atoms with E-state index in [9.17, 15) is 9.90 Å². The van der Waals surface area contributed by atoms with Crippen LogP contribution >= 0.6 is 11.6 Å². The Balaban J connectivity index is 1.80. The van der Waals surface area contributed by atoms with Crippen molar-refractivity contribution in [2.24, 2.45) is 0 Å². The van der Waals surface area contributed by atoms with Crippen LogP contribution in [0.25, 0.3) is 0 Å². The van der Waals surface area contributed by atoms with E-state index in [1.54, 1.807) is 12.1 Å². The second-order valence-electron chi connectivity index (χ2n) is 5.06. The molecule has 2 amide bonds. The highest BCUT2D eigenvalue weighted by Crippen LogP contribution is 2.20.